The van der Waals surface area contributed by atoms with E-state index in [0.29, 0.717) is 5.75 Å². The van der Waals surface area contributed by atoms with Crippen LogP contribution < -0.4 is 30.1 Å². The van der Waals surface area contributed by atoms with Gasteiger partial charge < -0.3 is 29.4 Å². The maximum Gasteiger partial charge on any atom is 0.259 e. The molecule has 2 N–H and O–H groups in total. The molecule has 0 saturated heterocycles. The van der Waals surface area contributed by atoms with Gasteiger partial charge in [0.2, 0.25) is 5.91 Å². The highest BCUT2D eigenvalue weighted by Gasteiger charge is 2.15. The number of hydrazone groups is 1. The summed E-state index contributed by atoms with van der Waals surface area (Å²) < 4.78 is 15.2. The third-order valence-electron chi connectivity index (χ3n) is 4.14. The van der Waals surface area contributed by atoms with Crippen LogP contribution in [0.4, 0.5) is 0 Å². The number of nitrogens with zero attached hydrogens (tertiary/aromatic N) is 1. The number of ether oxygens (including phenoxy) is 3. The quantitative estimate of drug-likeness (QED) is 0.309. The molecular formula is C22H22N3O7-. The summed E-state index contributed by atoms with van der Waals surface area (Å²) in [6, 6.07) is 9.98. The first-order valence-corrected chi connectivity index (χ1v) is 9.27. The molecule has 0 radical (unpaired) electrons. The molecule has 0 saturated carbocycles. The molecule has 0 heterocycles. The fraction of sp³-hybridized carbons (Fsp3) is 0.182. The Morgan fingerprint density at radius 2 is 1.72 bits per heavy atom. The second-order valence-corrected chi connectivity index (χ2v) is 6.17. The number of carbonyl (C=O) groups is 3. The van der Waals surface area contributed by atoms with Crippen molar-refractivity contribution in [2.75, 3.05) is 27.9 Å². The van der Waals surface area contributed by atoms with Crippen molar-refractivity contribution in [3.63, 3.8) is 0 Å². The molecule has 32 heavy (non-hydrogen) atoms. The summed E-state index contributed by atoms with van der Waals surface area (Å²) in [6.45, 7) is -0.331. The largest absolute Gasteiger partial charge is 0.545 e. The van der Waals surface area contributed by atoms with Gasteiger partial charge in [-0.2, -0.15) is 5.10 Å². The molecule has 0 unspecified atom stereocenters. The van der Waals surface area contributed by atoms with Gasteiger partial charge in [0, 0.05) is 11.6 Å². The summed E-state index contributed by atoms with van der Waals surface area (Å²) in [7, 11) is 4.22. The van der Waals surface area contributed by atoms with Gasteiger partial charge in [-0.15, -0.1) is 0 Å². The zero-order valence-electron chi connectivity index (χ0n) is 17.7. The van der Waals surface area contributed by atoms with Crippen LogP contribution in [0.15, 0.2) is 47.6 Å². The Morgan fingerprint density at radius 3 is 2.31 bits per heavy atom. The first-order valence-electron chi connectivity index (χ1n) is 9.27. The Hall–Kier alpha value is -4.34. The van der Waals surface area contributed by atoms with E-state index in [4.69, 9.17) is 14.2 Å². The molecule has 0 aromatic heterocycles. The molecule has 0 aliphatic carbocycles. The van der Waals surface area contributed by atoms with Crippen LogP contribution in [0.25, 0.3) is 6.08 Å². The van der Waals surface area contributed by atoms with Crippen LogP contribution in [-0.4, -0.2) is 51.9 Å². The fourth-order valence-electron chi connectivity index (χ4n) is 2.59. The highest BCUT2D eigenvalue weighted by atomic mass is 16.5. The maximum absolute atomic E-state index is 11.9. The van der Waals surface area contributed by atoms with Gasteiger partial charge >= 0.3 is 0 Å². The van der Waals surface area contributed by atoms with Crippen LogP contribution >= 0.6 is 0 Å². The molecule has 2 rings (SSSR count). The molecule has 0 fully saturated rings. The predicted molar refractivity (Wildman–Crippen MR) is 115 cm³/mol. The Labute approximate surface area is 184 Å². The predicted octanol–water partition coefficient (Wildman–Crippen LogP) is 0.356. The number of methoxy groups -OCH3 is 3. The molecule has 0 aliphatic rings. The van der Waals surface area contributed by atoms with Crippen molar-refractivity contribution in [3.05, 3.63) is 59.2 Å². The second kappa shape index (κ2) is 11.7. The van der Waals surface area contributed by atoms with Gasteiger partial charge in [0.05, 0.1) is 45.6 Å². The van der Waals surface area contributed by atoms with Crippen LogP contribution in [0.2, 0.25) is 0 Å². The highest BCUT2D eigenvalue weighted by molar-refractivity contribution is 6.01. The topological polar surface area (TPSA) is 138 Å². The molecule has 2 aromatic rings. The minimum atomic E-state index is -1.50. The molecule has 0 atom stereocenters. The molecule has 168 valence electrons. The van der Waals surface area contributed by atoms with Gasteiger partial charge in [-0.25, -0.2) is 5.43 Å². The standard InChI is InChI=1S/C22H23N3O7/c1-30-16-8-4-14(5-9-16)6-11-18(26)23-13-19(27)25-24-12-15-7-10-17(31-2)21(32-3)20(15)22(28)29/h4-12H,13H2,1-3H3,(H,23,26)(H,25,27)(H,28,29)/p-1/b11-6+,24-12-. The number of hydrogen-bond donors (Lipinski definition) is 2. The van der Waals surface area contributed by atoms with E-state index < -0.39 is 17.8 Å². The number of rotatable bonds is 10. The Kier molecular flexibility index (Phi) is 8.78. The van der Waals surface area contributed by atoms with E-state index in [9.17, 15) is 19.5 Å². The summed E-state index contributed by atoms with van der Waals surface area (Å²) in [4.78, 5) is 35.2. The van der Waals surface area contributed by atoms with E-state index in [1.165, 1.54) is 32.4 Å². The monoisotopic (exact) mass is 440 g/mol. The van der Waals surface area contributed by atoms with E-state index in [0.717, 1.165) is 11.8 Å². The Morgan fingerprint density at radius 1 is 1.00 bits per heavy atom. The summed E-state index contributed by atoms with van der Waals surface area (Å²) in [5, 5.41) is 17.6. The minimum Gasteiger partial charge on any atom is -0.545 e. The molecule has 2 aromatic carbocycles. The number of aromatic carboxylic acids is 1. The van der Waals surface area contributed by atoms with Gasteiger partial charge in [-0.1, -0.05) is 12.1 Å². The molecule has 0 spiro atoms. The van der Waals surface area contributed by atoms with Gasteiger partial charge in [0.15, 0.2) is 11.5 Å². The normalized spacial score (nSPS) is 10.7. The first-order chi connectivity index (χ1) is 15.4. The van der Waals surface area contributed by atoms with E-state index in [1.807, 2.05) is 0 Å². The summed E-state index contributed by atoms with van der Waals surface area (Å²) >= 11 is 0. The Bertz CT molecular complexity index is 1030. The number of hydrogen-bond acceptors (Lipinski definition) is 8. The third kappa shape index (κ3) is 6.59. The lowest BCUT2D eigenvalue weighted by Crippen LogP contribution is -2.34. The van der Waals surface area contributed by atoms with Crippen molar-refractivity contribution in [2.24, 2.45) is 5.10 Å². The Balaban J connectivity index is 1.91. The zero-order valence-corrected chi connectivity index (χ0v) is 17.7. The van der Waals surface area contributed by atoms with Crippen molar-refractivity contribution < 1.29 is 33.7 Å². The maximum atomic E-state index is 11.9. The number of carbonyl (C=O) groups excluding carboxylic acids is 3. The van der Waals surface area contributed by atoms with Crippen molar-refractivity contribution >= 4 is 30.1 Å². The first kappa shape index (κ1) is 23.9. The van der Waals surface area contributed by atoms with Gasteiger partial charge in [-0.05, 0) is 35.9 Å². The van der Waals surface area contributed by atoms with E-state index in [2.05, 4.69) is 15.8 Å². The average molecular weight is 440 g/mol. The van der Waals surface area contributed by atoms with Crippen LogP contribution in [0.3, 0.4) is 0 Å². The minimum absolute atomic E-state index is 0.0290. The summed E-state index contributed by atoms with van der Waals surface area (Å²) in [5.41, 5.74) is 2.84. The number of benzene rings is 2. The third-order valence-corrected chi connectivity index (χ3v) is 4.14. The second-order valence-electron chi connectivity index (χ2n) is 6.17. The fourth-order valence-corrected chi connectivity index (χ4v) is 2.59. The zero-order chi connectivity index (χ0) is 23.5. The smallest absolute Gasteiger partial charge is 0.259 e. The van der Waals surface area contributed by atoms with Gasteiger partial charge in [0.1, 0.15) is 5.75 Å². The number of carboxylic acids is 1. The van der Waals surface area contributed by atoms with Crippen LogP contribution in [-0.2, 0) is 9.59 Å². The molecule has 10 nitrogen and oxygen atoms in total. The van der Waals surface area contributed by atoms with Crippen LogP contribution in [0, 0.1) is 0 Å². The molecule has 2 amide bonds. The lowest BCUT2D eigenvalue weighted by molar-refractivity contribution is -0.255. The number of carboxylic acid groups (broad SMARTS) is 1. The number of nitrogens with one attached hydrogen (secondary N) is 2. The van der Waals surface area contributed by atoms with Crippen molar-refractivity contribution in [1.82, 2.24) is 10.7 Å². The van der Waals surface area contributed by atoms with Crippen molar-refractivity contribution in [3.8, 4) is 17.2 Å². The molecular weight excluding hydrogens is 418 g/mol. The van der Waals surface area contributed by atoms with Crippen molar-refractivity contribution in [2.45, 2.75) is 0 Å². The lowest BCUT2D eigenvalue weighted by atomic mass is 10.1. The van der Waals surface area contributed by atoms with Crippen molar-refractivity contribution in [1.29, 1.82) is 0 Å². The van der Waals surface area contributed by atoms with Gasteiger partial charge in [-0.3, -0.25) is 9.59 Å². The lowest BCUT2D eigenvalue weighted by Gasteiger charge is -2.15. The average Bonchev–Trinajstić information content (AvgIpc) is 2.80. The SMILES string of the molecule is COc1ccc(/C=C/C(=O)NCC(=O)N/N=C\c2ccc(OC)c(OC)c2C(=O)[O-])cc1. The van der Waals surface area contributed by atoms with E-state index in [-0.39, 0.29) is 29.2 Å². The van der Waals surface area contributed by atoms with Crippen LogP contribution in [0.1, 0.15) is 21.5 Å². The van der Waals surface area contributed by atoms with Crippen LogP contribution in [0.5, 0.6) is 17.2 Å². The van der Waals surface area contributed by atoms with Gasteiger partial charge in [0.25, 0.3) is 5.91 Å². The highest BCUT2D eigenvalue weighted by Crippen LogP contribution is 2.32. The van der Waals surface area contributed by atoms with E-state index in [1.54, 1.807) is 37.5 Å². The summed E-state index contributed by atoms with van der Waals surface area (Å²) in [6.07, 6.45) is 3.99. The molecule has 10 heteroatoms. The molecule has 0 bridgehead atoms. The summed E-state index contributed by atoms with van der Waals surface area (Å²) in [5.74, 6) is -1.70. The van der Waals surface area contributed by atoms with E-state index >= 15 is 0 Å². The number of amides is 2. The molecule has 0 aliphatic heterocycles.